The first kappa shape index (κ1) is 16.6. The zero-order chi connectivity index (χ0) is 15.1. The lowest BCUT2D eigenvalue weighted by Crippen LogP contribution is -2.44. The lowest BCUT2D eigenvalue weighted by Gasteiger charge is -2.34. The van der Waals surface area contributed by atoms with Crippen molar-refractivity contribution >= 4 is 33.4 Å². The van der Waals surface area contributed by atoms with Gasteiger partial charge in [-0.1, -0.05) is 46.8 Å². The molecular weight excluding hydrogens is 354 g/mol. The number of alkyl halides is 1. The minimum absolute atomic E-state index is 0.0660. The number of carbonyl (C=O) groups excluding carboxylic acids is 1. The minimum Gasteiger partial charge on any atom is -0.484 e. The molecule has 0 bridgehead atoms. The lowest BCUT2D eigenvalue weighted by molar-refractivity contribution is -0.136. The van der Waals surface area contributed by atoms with Crippen molar-refractivity contribution in [3.63, 3.8) is 0 Å². The van der Waals surface area contributed by atoms with Crippen molar-refractivity contribution in [1.29, 1.82) is 0 Å². The second-order valence-corrected chi connectivity index (χ2v) is 6.54. The van der Waals surface area contributed by atoms with Crippen LogP contribution in [0.4, 0.5) is 0 Å². The number of rotatable bonds is 6. The third kappa shape index (κ3) is 5.19. The van der Waals surface area contributed by atoms with Gasteiger partial charge in [-0.05, 0) is 37.1 Å². The van der Waals surface area contributed by atoms with Crippen molar-refractivity contribution < 1.29 is 9.53 Å². The van der Waals surface area contributed by atoms with Gasteiger partial charge in [-0.25, -0.2) is 0 Å². The highest BCUT2D eigenvalue weighted by atomic mass is 79.9. The summed E-state index contributed by atoms with van der Waals surface area (Å²) < 4.78 is 5.58. The van der Waals surface area contributed by atoms with Gasteiger partial charge in [-0.2, -0.15) is 0 Å². The van der Waals surface area contributed by atoms with Crippen LogP contribution in [0.3, 0.4) is 0 Å². The van der Waals surface area contributed by atoms with Gasteiger partial charge in [0.1, 0.15) is 5.75 Å². The first-order chi connectivity index (χ1) is 10.2. The Hall–Kier alpha value is -0.740. The van der Waals surface area contributed by atoms with Gasteiger partial charge in [-0.3, -0.25) is 4.79 Å². The minimum atomic E-state index is 0.0660. The van der Waals surface area contributed by atoms with E-state index >= 15 is 0 Å². The summed E-state index contributed by atoms with van der Waals surface area (Å²) in [6.45, 7) is 0.832. The van der Waals surface area contributed by atoms with Gasteiger partial charge in [-0.15, -0.1) is 0 Å². The average Bonchev–Trinajstić information content (AvgIpc) is 2.52. The number of carbonyl (C=O) groups is 1. The van der Waals surface area contributed by atoms with E-state index in [9.17, 15) is 4.79 Å². The van der Waals surface area contributed by atoms with E-state index in [1.165, 1.54) is 19.3 Å². The molecular formula is C16H21BrClNO2. The number of amides is 1. The molecule has 0 atom stereocenters. The number of benzene rings is 1. The third-order valence-corrected chi connectivity index (χ3v) is 4.44. The number of ether oxygens (including phenoxy) is 1. The summed E-state index contributed by atoms with van der Waals surface area (Å²) in [5, 5.41) is 1.47. The number of hydrogen-bond donors (Lipinski definition) is 0. The fourth-order valence-electron chi connectivity index (χ4n) is 2.75. The van der Waals surface area contributed by atoms with Crippen molar-refractivity contribution in [2.75, 3.05) is 18.5 Å². The Bertz CT molecular complexity index is 446. The Morgan fingerprint density at radius 1 is 1.24 bits per heavy atom. The molecule has 0 aliphatic heterocycles. The maximum atomic E-state index is 12.4. The van der Waals surface area contributed by atoms with Crippen LogP contribution in [0.5, 0.6) is 5.75 Å². The third-order valence-electron chi connectivity index (χ3n) is 3.84. The van der Waals surface area contributed by atoms with Gasteiger partial charge >= 0.3 is 0 Å². The first-order valence-corrected chi connectivity index (χ1v) is 8.94. The molecule has 0 N–H and O–H groups in total. The van der Waals surface area contributed by atoms with Crippen molar-refractivity contribution in [3.8, 4) is 5.75 Å². The van der Waals surface area contributed by atoms with Crippen LogP contribution in [-0.2, 0) is 4.79 Å². The van der Waals surface area contributed by atoms with E-state index in [1.54, 1.807) is 24.3 Å². The van der Waals surface area contributed by atoms with Crippen molar-refractivity contribution in [1.82, 2.24) is 4.90 Å². The summed E-state index contributed by atoms with van der Waals surface area (Å²) in [5.74, 6) is 0.742. The highest BCUT2D eigenvalue weighted by molar-refractivity contribution is 9.09. The molecule has 1 aliphatic rings. The summed E-state index contributed by atoms with van der Waals surface area (Å²) >= 11 is 9.27. The van der Waals surface area contributed by atoms with Crippen LogP contribution >= 0.6 is 27.5 Å². The molecule has 0 unspecified atom stereocenters. The Morgan fingerprint density at radius 2 is 1.90 bits per heavy atom. The molecule has 116 valence electrons. The van der Waals surface area contributed by atoms with Gasteiger partial charge in [0.25, 0.3) is 5.91 Å². The molecule has 2 rings (SSSR count). The molecule has 1 saturated carbocycles. The smallest absolute Gasteiger partial charge is 0.260 e. The quantitative estimate of drug-likeness (QED) is 0.696. The average molecular weight is 375 g/mol. The molecule has 5 heteroatoms. The van der Waals surface area contributed by atoms with Crippen LogP contribution in [0, 0.1) is 0 Å². The molecule has 0 aromatic heterocycles. The molecule has 1 fully saturated rings. The van der Waals surface area contributed by atoms with Crippen LogP contribution in [0.15, 0.2) is 24.3 Å². The molecule has 1 aromatic rings. The van der Waals surface area contributed by atoms with E-state index in [-0.39, 0.29) is 12.5 Å². The van der Waals surface area contributed by atoms with Crippen molar-refractivity contribution in [3.05, 3.63) is 29.3 Å². The molecule has 1 aliphatic carbocycles. The second-order valence-electron chi connectivity index (χ2n) is 5.31. The molecule has 0 radical (unpaired) electrons. The topological polar surface area (TPSA) is 29.5 Å². The van der Waals surface area contributed by atoms with Gasteiger partial charge in [0.2, 0.25) is 0 Å². The predicted octanol–water partition coefficient (Wildman–Crippen LogP) is 4.28. The van der Waals surface area contributed by atoms with Gasteiger partial charge in [0.05, 0.1) is 0 Å². The molecule has 1 aromatic carbocycles. The first-order valence-electron chi connectivity index (χ1n) is 7.44. The summed E-state index contributed by atoms with van der Waals surface area (Å²) in [5.41, 5.74) is 0. The summed E-state index contributed by atoms with van der Waals surface area (Å²) in [7, 11) is 0. The summed E-state index contributed by atoms with van der Waals surface area (Å²) in [6.07, 6.45) is 5.94. The standard InChI is InChI=1S/C16H21BrClNO2/c17-10-11-19(14-4-2-1-3-5-14)16(20)12-21-15-8-6-13(18)7-9-15/h6-9,14H,1-5,10-12H2. The van der Waals surface area contributed by atoms with Crippen LogP contribution in [-0.4, -0.2) is 35.3 Å². The highest BCUT2D eigenvalue weighted by Gasteiger charge is 2.25. The Morgan fingerprint density at radius 3 is 2.52 bits per heavy atom. The largest absolute Gasteiger partial charge is 0.484 e. The predicted molar refractivity (Wildman–Crippen MR) is 89.3 cm³/mol. The molecule has 21 heavy (non-hydrogen) atoms. The van der Waals surface area contributed by atoms with E-state index in [2.05, 4.69) is 15.9 Å². The van der Waals surface area contributed by atoms with E-state index in [0.29, 0.717) is 16.8 Å². The monoisotopic (exact) mass is 373 g/mol. The zero-order valence-corrected chi connectivity index (χ0v) is 14.4. The van der Waals surface area contributed by atoms with E-state index < -0.39 is 0 Å². The van der Waals surface area contributed by atoms with Crippen LogP contribution in [0.1, 0.15) is 32.1 Å². The zero-order valence-electron chi connectivity index (χ0n) is 12.1. The van der Waals surface area contributed by atoms with Gasteiger partial charge in [0, 0.05) is 22.9 Å². The maximum absolute atomic E-state index is 12.4. The van der Waals surface area contributed by atoms with Crippen LogP contribution in [0.2, 0.25) is 5.02 Å². The Labute approximate surface area is 139 Å². The van der Waals surface area contributed by atoms with Gasteiger partial charge in [0.15, 0.2) is 6.61 Å². The molecule has 0 saturated heterocycles. The fourth-order valence-corrected chi connectivity index (χ4v) is 3.26. The normalized spacial score (nSPS) is 15.7. The van der Waals surface area contributed by atoms with E-state index in [0.717, 1.165) is 24.7 Å². The highest BCUT2D eigenvalue weighted by Crippen LogP contribution is 2.23. The summed E-state index contributed by atoms with van der Waals surface area (Å²) in [6, 6.07) is 7.46. The number of halogens is 2. The van der Waals surface area contributed by atoms with Crippen molar-refractivity contribution in [2.45, 2.75) is 38.1 Å². The Balaban J connectivity index is 1.89. The fraction of sp³-hybridized carbons (Fsp3) is 0.562. The molecule has 3 nitrogen and oxygen atoms in total. The second kappa shape index (κ2) is 8.64. The molecule has 0 heterocycles. The summed E-state index contributed by atoms with van der Waals surface area (Å²) in [4.78, 5) is 14.4. The van der Waals surface area contributed by atoms with E-state index in [4.69, 9.17) is 16.3 Å². The Kier molecular flexibility index (Phi) is 6.84. The number of nitrogens with zero attached hydrogens (tertiary/aromatic N) is 1. The maximum Gasteiger partial charge on any atom is 0.260 e. The van der Waals surface area contributed by atoms with Crippen LogP contribution < -0.4 is 4.74 Å². The van der Waals surface area contributed by atoms with Crippen LogP contribution in [0.25, 0.3) is 0 Å². The molecule has 0 spiro atoms. The lowest BCUT2D eigenvalue weighted by atomic mass is 9.94. The van der Waals surface area contributed by atoms with Crippen molar-refractivity contribution in [2.24, 2.45) is 0 Å². The SMILES string of the molecule is O=C(COc1ccc(Cl)cc1)N(CCBr)C1CCCCC1. The molecule has 1 amide bonds. The van der Waals surface area contributed by atoms with E-state index in [1.807, 2.05) is 4.90 Å². The van der Waals surface area contributed by atoms with Gasteiger partial charge < -0.3 is 9.64 Å². The number of hydrogen-bond acceptors (Lipinski definition) is 2.